The van der Waals surface area contributed by atoms with Crippen LogP contribution in [0.15, 0.2) is 18.2 Å². The first-order valence-corrected chi connectivity index (χ1v) is 7.43. The molecule has 1 rings (SSSR count). The smallest absolute Gasteiger partial charge is 0.333 e. The molecule has 1 aromatic carbocycles. The maximum absolute atomic E-state index is 11.3. The van der Waals surface area contributed by atoms with E-state index in [4.69, 9.17) is 4.74 Å². The molecule has 0 heterocycles. The summed E-state index contributed by atoms with van der Waals surface area (Å²) in [5.41, 5.74) is 0.585. The van der Waals surface area contributed by atoms with Crippen molar-refractivity contribution in [2.45, 2.75) is 41.0 Å². The number of para-hydroxylation sites is 1. The Labute approximate surface area is 126 Å². The first-order valence-electron chi connectivity index (χ1n) is 7.43. The molecule has 0 radical (unpaired) electrons. The molecule has 1 N–H and O–H groups in total. The number of nitro benzene ring substituents is 1. The van der Waals surface area contributed by atoms with Crippen LogP contribution in [0.1, 0.15) is 41.0 Å². The van der Waals surface area contributed by atoms with Gasteiger partial charge in [0.05, 0.1) is 11.5 Å². The largest absolute Gasteiger partial charge is 0.487 e. The molecular weight excluding hydrogens is 268 g/mol. The lowest BCUT2D eigenvalue weighted by molar-refractivity contribution is -0.385. The summed E-state index contributed by atoms with van der Waals surface area (Å²) >= 11 is 0. The summed E-state index contributed by atoms with van der Waals surface area (Å²) < 4.78 is 5.49. The first-order chi connectivity index (χ1) is 9.79. The van der Waals surface area contributed by atoms with E-state index in [9.17, 15) is 10.1 Å². The number of nitro groups is 1. The van der Waals surface area contributed by atoms with E-state index in [1.165, 1.54) is 0 Å². The monoisotopic (exact) mass is 294 g/mol. The van der Waals surface area contributed by atoms with E-state index in [1.807, 2.05) is 6.92 Å². The molecule has 118 valence electrons. The van der Waals surface area contributed by atoms with Crippen LogP contribution in [0.25, 0.3) is 0 Å². The molecule has 0 aromatic heterocycles. The van der Waals surface area contributed by atoms with Crippen molar-refractivity contribution in [1.82, 2.24) is 0 Å². The van der Waals surface area contributed by atoms with E-state index in [-0.39, 0.29) is 16.0 Å². The van der Waals surface area contributed by atoms with Crippen LogP contribution < -0.4 is 10.1 Å². The van der Waals surface area contributed by atoms with Gasteiger partial charge in [-0.25, -0.2) is 0 Å². The van der Waals surface area contributed by atoms with Gasteiger partial charge in [-0.1, -0.05) is 40.7 Å². The van der Waals surface area contributed by atoms with Crippen molar-refractivity contribution >= 4 is 11.4 Å². The molecule has 0 aliphatic rings. The highest BCUT2D eigenvalue weighted by molar-refractivity contribution is 5.68. The van der Waals surface area contributed by atoms with Gasteiger partial charge in [-0.3, -0.25) is 10.1 Å². The molecule has 0 unspecified atom stereocenters. The zero-order chi connectivity index (χ0) is 16.0. The highest BCUT2D eigenvalue weighted by Crippen LogP contribution is 2.36. The van der Waals surface area contributed by atoms with Gasteiger partial charge >= 0.3 is 5.69 Å². The summed E-state index contributed by atoms with van der Waals surface area (Å²) in [6, 6.07) is 5.16. The number of nitrogens with one attached hydrogen (secondary N) is 1. The molecule has 0 spiro atoms. The zero-order valence-electron chi connectivity index (χ0n) is 13.6. The quantitative estimate of drug-likeness (QED) is 0.567. The average molecular weight is 294 g/mol. The fourth-order valence-electron chi connectivity index (χ4n) is 1.71. The molecule has 0 atom stereocenters. The minimum absolute atomic E-state index is 0.0190. The Morgan fingerprint density at radius 3 is 2.57 bits per heavy atom. The second-order valence-corrected chi connectivity index (χ2v) is 6.25. The molecule has 0 aliphatic carbocycles. The van der Waals surface area contributed by atoms with Crippen LogP contribution in [-0.2, 0) is 0 Å². The summed E-state index contributed by atoms with van der Waals surface area (Å²) in [6.07, 6.45) is 0.815. The number of benzene rings is 1. The number of rotatable bonds is 8. The van der Waals surface area contributed by atoms with Crippen molar-refractivity contribution in [3.63, 3.8) is 0 Å². The van der Waals surface area contributed by atoms with Crippen molar-refractivity contribution in [1.29, 1.82) is 0 Å². The molecule has 1 aromatic rings. The van der Waals surface area contributed by atoms with E-state index >= 15 is 0 Å². The van der Waals surface area contributed by atoms with Crippen LogP contribution >= 0.6 is 0 Å². The van der Waals surface area contributed by atoms with Crippen molar-refractivity contribution in [3.8, 4) is 5.75 Å². The van der Waals surface area contributed by atoms with Gasteiger partial charge in [-0.05, 0) is 29.9 Å². The fraction of sp³-hybridized carbons (Fsp3) is 0.625. The van der Waals surface area contributed by atoms with Crippen molar-refractivity contribution in [2.24, 2.45) is 11.3 Å². The SMILES string of the molecule is CCCOc1cccc(NCC(C)(C)C(C)C)c1[N+](=O)[O-]. The van der Waals surface area contributed by atoms with Crippen molar-refractivity contribution in [2.75, 3.05) is 18.5 Å². The van der Waals surface area contributed by atoms with Crippen molar-refractivity contribution in [3.05, 3.63) is 28.3 Å². The predicted octanol–water partition coefficient (Wildman–Crippen LogP) is 4.48. The zero-order valence-corrected chi connectivity index (χ0v) is 13.6. The fourth-order valence-corrected chi connectivity index (χ4v) is 1.71. The van der Waals surface area contributed by atoms with Gasteiger partial charge in [-0.15, -0.1) is 0 Å². The summed E-state index contributed by atoms with van der Waals surface area (Å²) in [5.74, 6) is 0.804. The van der Waals surface area contributed by atoms with Crippen LogP contribution in [0.5, 0.6) is 5.75 Å². The molecular formula is C16H26N2O3. The molecule has 0 amide bonds. The summed E-state index contributed by atoms with van der Waals surface area (Å²) in [4.78, 5) is 11.0. The van der Waals surface area contributed by atoms with E-state index in [0.29, 0.717) is 30.5 Å². The second-order valence-electron chi connectivity index (χ2n) is 6.25. The van der Waals surface area contributed by atoms with Crippen LogP contribution in [-0.4, -0.2) is 18.1 Å². The summed E-state index contributed by atoms with van der Waals surface area (Å²) in [6.45, 7) is 11.7. The maximum Gasteiger partial charge on any atom is 0.333 e. The Hall–Kier alpha value is -1.78. The van der Waals surface area contributed by atoms with Crippen LogP contribution in [0, 0.1) is 21.4 Å². The number of hydrogen-bond donors (Lipinski definition) is 1. The Bertz CT molecular complexity index is 484. The molecule has 21 heavy (non-hydrogen) atoms. The Morgan fingerprint density at radius 1 is 1.38 bits per heavy atom. The van der Waals surface area contributed by atoms with Gasteiger partial charge < -0.3 is 10.1 Å². The Kier molecular flexibility index (Phi) is 6.00. The lowest BCUT2D eigenvalue weighted by Gasteiger charge is -2.29. The normalized spacial score (nSPS) is 11.5. The van der Waals surface area contributed by atoms with Gasteiger partial charge in [-0.2, -0.15) is 0 Å². The molecule has 0 fully saturated rings. The predicted molar refractivity (Wildman–Crippen MR) is 86.0 cm³/mol. The maximum atomic E-state index is 11.3. The number of hydrogen-bond acceptors (Lipinski definition) is 4. The third-order valence-electron chi connectivity index (χ3n) is 3.94. The molecule has 0 aliphatic heterocycles. The van der Waals surface area contributed by atoms with Gasteiger partial charge in [0.25, 0.3) is 0 Å². The van der Waals surface area contributed by atoms with Gasteiger partial charge in [0.1, 0.15) is 5.69 Å². The van der Waals surface area contributed by atoms with E-state index < -0.39 is 0 Å². The third-order valence-corrected chi connectivity index (χ3v) is 3.94. The van der Waals surface area contributed by atoms with Crippen LogP contribution in [0.2, 0.25) is 0 Å². The van der Waals surface area contributed by atoms with Crippen molar-refractivity contribution < 1.29 is 9.66 Å². The number of anilines is 1. The molecule has 0 saturated heterocycles. The molecule has 0 saturated carbocycles. The Morgan fingerprint density at radius 2 is 2.05 bits per heavy atom. The number of ether oxygens (including phenoxy) is 1. The topological polar surface area (TPSA) is 64.4 Å². The van der Waals surface area contributed by atoms with Crippen LogP contribution in [0.4, 0.5) is 11.4 Å². The third kappa shape index (κ3) is 4.62. The lowest BCUT2D eigenvalue weighted by Crippen LogP contribution is -2.28. The van der Waals surface area contributed by atoms with Gasteiger partial charge in [0.15, 0.2) is 5.75 Å². The van der Waals surface area contributed by atoms with Gasteiger partial charge in [0.2, 0.25) is 0 Å². The number of nitrogens with zero attached hydrogens (tertiary/aromatic N) is 1. The van der Waals surface area contributed by atoms with E-state index in [0.717, 1.165) is 6.42 Å². The average Bonchev–Trinajstić information content (AvgIpc) is 2.42. The summed E-state index contributed by atoms with van der Waals surface area (Å²) in [7, 11) is 0. The molecule has 5 nitrogen and oxygen atoms in total. The van der Waals surface area contributed by atoms with E-state index in [2.05, 4.69) is 33.0 Å². The minimum atomic E-state index is -0.379. The minimum Gasteiger partial charge on any atom is -0.487 e. The standard InChI is InChI=1S/C16H26N2O3/c1-6-10-21-14-9-7-8-13(15(14)18(19)20)17-11-16(4,5)12(2)3/h7-9,12,17H,6,10-11H2,1-5H3. The van der Waals surface area contributed by atoms with E-state index in [1.54, 1.807) is 18.2 Å². The van der Waals surface area contributed by atoms with Crippen LogP contribution in [0.3, 0.4) is 0 Å². The molecule has 0 bridgehead atoms. The summed E-state index contributed by atoms with van der Waals surface area (Å²) in [5, 5.41) is 14.6. The molecule has 5 heteroatoms. The second kappa shape index (κ2) is 7.29. The lowest BCUT2D eigenvalue weighted by atomic mass is 9.81. The highest BCUT2D eigenvalue weighted by atomic mass is 16.6. The first kappa shape index (κ1) is 17.3. The Balaban J connectivity index is 2.98. The highest BCUT2D eigenvalue weighted by Gasteiger charge is 2.25. The van der Waals surface area contributed by atoms with Gasteiger partial charge in [0, 0.05) is 6.54 Å².